The maximum atomic E-state index is 14.6. The molecule has 1 saturated heterocycles. The first-order valence-corrected chi connectivity index (χ1v) is 15.8. The first-order valence-electron chi connectivity index (χ1n) is 13.5. The average Bonchev–Trinajstić information content (AvgIpc) is 3.72. The second kappa shape index (κ2) is 11.7. The smallest absolute Gasteiger partial charge is 0.229 e. The monoisotopic (exact) mass is 576 g/mol. The highest BCUT2D eigenvalue weighted by Crippen LogP contribution is 2.55. The van der Waals surface area contributed by atoms with E-state index < -0.39 is 20.7 Å². The molecule has 0 radical (unpaired) electrons. The molecule has 4 rings (SSSR count). The van der Waals surface area contributed by atoms with Gasteiger partial charge in [-0.1, -0.05) is 60.5 Å². The van der Waals surface area contributed by atoms with Crippen LogP contribution >= 0.6 is 23.2 Å². The van der Waals surface area contributed by atoms with Crippen molar-refractivity contribution in [1.82, 2.24) is 9.62 Å². The van der Waals surface area contributed by atoms with Gasteiger partial charge in [0.25, 0.3) is 0 Å². The summed E-state index contributed by atoms with van der Waals surface area (Å²) in [5.74, 6) is 0.259. The molecule has 5 nitrogen and oxygen atoms in total. The van der Waals surface area contributed by atoms with Crippen LogP contribution in [0.1, 0.15) is 76.0 Å². The van der Waals surface area contributed by atoms with E-state index in [0.29, 0.717) is 29.3 Å². The summed E-state index contributed by atoms with van der Waals surface area (Å²) in [5.41, 5.74) is 1.41. The number of sulfonamides is 1. The third-order valence-corrected chi connectivity index (χ3v) is 10.6. The van der Waals surface area contributed by atoms with Crippen LogP contribution in [-0.4, -0.2) is 37.1 Å². The average molecular weight is 578 g/mol. The summed E-state index contributed by atoms with van der Waals surface area (Å²) in [7, 11) is -3.50. The summed E-state index contributed by atoms with van der Waals surface area (Å²) >= 11 is 12.7. The van der Waals surface area contributed by atoms with Crippen molar-refractivity contribution in [2.24, 2.45) is 11.3 Å². The number of nitrogens with zero attached hydrogens (tertiary/aromatic N) is 1. The number of likely N-dealkylation sites (tertiary alicyclic amines) is 1. The van der Waals surface area contributed by atoms with Crippen LogP contribution in [-0.2, 0) is 14.8 Å². The Morgan fingerprint density at radius 1 is 1.11 bits per heavy atom. The van der Waals surface area contributed by atoms with E-state index in [4.69, 9.17) is 23.2 Å². The van der Waals surface area contributed by atoms with Crippen LogP contribution in [0.5, 0.6) is 0 Å². The Kier molecular flexibility index (Phi) is 8.98. The van der Waals surface area contributed by atoms with Crippen molar-refractivity contribution < 1.29 is 13.2 Å². The predicted molar refractivity (Wildman–Crippen MR) is 156 cm³/mol. The predicted octanol–water partition coefficient (Wildman–Crippen LogP) is 7.13. The molecule has 1 aliphatic heterocycles. The number of nitrogens with one attached hydrogen (secondary N) is 1. The molecule has 206 valence electrons. The number of halogens is 2. The van der Waals surface area contributed by atoms with Crippen LogP contribution in [0.2, 0.25) is 10.0 Å². The molecule has 2 unspecified atom stereocenters. The molecule has 0 spiro atoms. The fourth-order valence-corrected chi connectivity index (χ4v) is 6.95. The van der Waals surface area contributed by atoms with E-state index in [-0.39, 0.29) is 36.4 Å². The van der Waals surface area contributed by atoms with Gasteiger partial charge in [-0.15, -0.1) is 6.58 Å². The number of allylic oxidation sites excluding steroid dienone is 1. The first kappa shape index (κ1) is 29.1. The Labute approximate surface area is 237 Å². The first-order chi connectivity index (χ1) is 18.0. The van der Waals surface area contributed by atoms with E-state index in [1.807, 2.05) is 53.4 Å². The summed E-state index contributed by atoms with van der Waals surface area (Å²) in [5, 5.41) is 0.719. The third-order valence-electron chi connectivity index (χ3n) is 8.32. The van der Waals surface area contributed by atoms with Crippen molar-refractivity contribution in [2.75, 3.05) is 6.54 Å². The van der Waals surface area contributed by atoms with E-state index in [1.54, 1.807) is 13.8 Å². The zero-order valence-corrected chi connectivity index (χ0v) is 24.7. The van der Waals surface area contributed by atoms with Gasteiger partial charge in [0.05, 0.1) is 16.7 Å². The number of benzene rings is 2. The minimum atomic E-state index is -3.50. The topological polar surface area (TPSA) is 66.5 Å². The molecule has 8 heteroatoms. The molecule has 2 aromatic rings. The van der Waals surface area contributed by atoms with E-state index in [2.05, 4.69) is 24.3 Å². The van der Waals surface area contributed by atoms with Gasteiger partial charge >= 0.3 is 0 Å². The van der Waals surface area contributed by atoms with Gasteiger partial charge in [-0.2, -0.15) is 0 Å². The molecule has 2 aromatic carbocycles. The summed E-state index contributed by atoms with van der Waals surface area (Å²) in [6.07, 6.45) is 5.63. The van der Waals surface area contributed by atoms with Crippen molar-refractivity contribution in [3.63, 3.8) is 0 Å². The number of hydrogen-bond donors (Lipinski definition) is 1. The molecule has 1 amide bonds. The highest BCUT2D eigenvalue weighted by Gasteiger charge is 2.54. The van der Waals surface area contributed by atoms with Crippen molar-refractivity contribution in [2.45, 2.75) is 76.1 Å². The lowest BCUT2D eigenvalue weighted by Crippen LogP contribution is -2.59. The zero-order valence-electron chi connectivity index (χ0n) is 22.4. The molecule has 0 bridgehead atoms. The highest BCUT2D eigenvalue weighted by atomic mass is 35.5. The van der Waals surface area contributed by atoms with Crippen molar-refractivity contribution in [3.8, 4) is 0 Å². The second-order valence-corrected chi connectivity index (χ2v) is 14.2. The highest BCUT2D eigenvalue weighted by molar-refractivity contribution is 7.90. The van der Waals surface area contributed by atoms with Crippen molar-refractivity contribution in [1.29, 1.82) is 0 Å². The Morgan fingerprint density at radius 2 is 1.79 bits per heavy atom. The van der Waals surface area contributed by atoms with Gasteiger partial charge in [-0.3, -0.25) is 4.79 Å². The molecule has 2 fully saturated rings. The number of amides is 1. The Balaban J connectivity index is 1.89. The lowest BCUT2D eigenvalue weighted by Gasteiger charge is -2.53. The molecule has 1 aliphatic carbocycles. The Morgan fingerprint density at radius 3 is 2.34 bits per heavy atom. The van der Waals surface area contributed by atoms with E-state index in [1.165, 1.54) is 0 Å². The van der Waals surface area contributed by atoms with Crippen molar-refractivity contribution in [3.05, 3.63) is 82.4 Å². The largest absolute Gasteiger partial charge is 0.330 e. The standard InChI is InChI=1S/C30H38Cl2N2O3S/c1-5-16-30(6-2)18-26(23-8-7-9-25(32)17-23)28(22-12-14-24(31)15-13-22)34(29(30)35)27(21-10-11-21)19-33-38(36,37)20(3)4/h5,7-9,12-15,17,20-21,26-28,33H,1,6,10-11,16,18-19H2,2-4H3/t26-,27?,28?,30+/m1/s1. The minimum absolute atomic E-state index is 0.0459. The summed E-state index contributed by atoms with van der Waals surface area (Å²) in [4.78, 5) is 16.7. The molecule has 4 atom stereocenters. The quantitative estimate of drug-likeness (QED) is 0.289. The minimum Gasteiger partial charge on any atom is -0.330 e. The molecule has 38 heavy (non-hydrogen) atoms. The van der Waals surface area contributed by atoms with Crippen LogP contribution in [0.15, 0.2) is 61.2 Å². The van der Waals surface area contributed by atoms with Crippen molar-refractivity contribution >= 4 is 39.1 Å². The molecule has 0 aromatic heterocycles. The van der Waals surface area contributed by atoms with Crippen LogP contribution < -0.4 is 4.72 Å². The van der Waals surface area contributed by atoms with Crippen LogP contribution in [0, 0.1) is 11.3 Å². The summed E-state index contributed by atoms with van der Waals surface area (Å²) < 4.78 is 28.4. The number of piperidine rings is 1. The van der Waals surface area contributed by atoms with Crippen LogP contribution in [0.3, 0.4) is 0 Å². The molecule has 1 saturated carbocycles. The molecule has 2 aliphatic rings. The van der Waals surface area contributed by atoms with Gasteiger partial charge in [-0.05, 0) is 87.3 Å². The third kappa shape index (κ3) is 5.99. The SMILES string of the molecule is C=CC[C@@]1(CC)C[C@H](c2cccc(Cl)c2)C(c2ccc(Cl)cc2)N(C(CNS(=O)(=O)C(C)C)C2CC2)C1=O. The van der Waals surface area contributed by atoms with Crippen LogP contribution in [0.4, 0.5) is 0 Å². The summed E-state index contributed by atoms with van der Waals surface area (Å²) in [6, 6.07) is 15.0. The van der Waals surface area contributed by atoms with E-state index in [9.17, 15) is 13.2 Å². The van der Waals surface area contributed by atoms with Gasteiger partial charge < -0.3 is 4.90 Å². The van der Waals surface area contributed by atoms with Gasteiger partial charge in [0.15, 0.2) is 0 Å². The van der Waals surface area contributed by atoms with Gasteiger partial charge in [-0.25, -0.2) is 13.1 Å². The lowest BCUT2D eigenvalue weighted by atomic mass is 9.65. The van der Waals surface area contributed by atoms with Gasteiger partial charge in [0.2, 0.25) is 15.9 Å². The van der Waals surface area contributed by atoms with Gasteiger partial charge in [0, 0.05) is 28.5 Å². The normalized spacial score (nSPS) is 25.0. The molecule has 1 heterocycles. The fraction of sp³-hybridized carbons (Fsp3) is 0.500. The Hall–Kier alpha value is -1.86. The lowest BCUT2D eigenvalue weighted by molar-refractivity contribution is -0.156. The maximum absolute atomic E-state index is 14.6. The zero-order chi connectivity index (χ0) is 27.7. The van der Waals surface area contributed by atoms with Crippen LogP contribution in [0.25, 0.3) is 0 Å². The molecular weight excluding hydrogens is 539 g/mol. The second-order valence-electron chi connectivity index (χ2n) is 11.0. The maximum Gasteiger partial charge on any atom is 0.229 e. The van der Waals surface area contributed by atoms with E-state index in [0.717, 1.165) is 24.0 Å². The number of carbonyl (C=O) groups is 1. The fourth-order valence-electron chi connectivity index (χ4n) is 5.89. The van der Waals surface area contributed by atoms with E-state index >= 15 is 0 Å². The molecular formula is C30H38Cl2N2O3S. The number of hydrogen-bond acceptors (Lipinski definition) is 3. The number of carbonyl (C=O) groups excluding carboxylic acids is 1. The Bertz CT molecular complexity index is 1260. The number of rotatable bonds is 11. The summed E-state index contributed by atoms with van der Waals surface area (Å²) in [6.45, 7) is 9.57. The van der Waals surface area contributed by atoms with Gasteiger partial charge in [0.1, 0.15) is 0 Å². The molecule has 1 N–H and O–H groups in total.